The normalized spacial score (nSPS) is 28.5. The molecule has 1 aromatic rings. The molecule has 0 bridgehead atoms. The fourth-order valence-corrected chi connectivity index (χ4v) is 3.34. The lowest BCUT2D eigenvalue weighted by atomic mass is 9.88. The lowest BCUT2D eigenvalue weighted by molar-refractivity contribution is 0.390. The van der Waals surface area contributed by atoms with Crippen molar-refractivity contribution in [3.8, 4) is 0 Å². The van der Waals surface area contributed by atoms with Gasteiger partial charge in [0.2, 0.25) is 0 Å². The number of fused-ring (bicyclic) bond motifs is 3. The predicted molar refractivity (Wildman–Crippen MR) is 70.8 cm³/mol. The zero-order chi connectivity index (χ0) is 11.1. The number of hydrogen-bond donors (Lipinski definition) is 1. The fraction of sp³-hybridized carbons (Fsp3) is 0.538. The second-order valence-electron chi connectivity index (χ2n) is 4.96. The van der Waals surface area contributed by atoms with Crippen LogP contribution in [0.2, 0.25) is 0 Å². The van der Waals surface area contributed by atoms with Gasteiger partial charge in [0.05, 0.1) is 0 Å². The summed E-state index contributed by atoms with van der Waals surface area (Å²) in [6.45, 7) is 1.02. The molecule has 0 aromatic heterocycles. The van der Waals surface area contributed by atoms with E-state index in [9.17, 15) is 0 Å². The maximum atomic E-state index is 6.08. The molecule has 0 amide bonds. The maximum absolute atomic E-state index is 6.08. The van der Waals surface area contributed by atoms with Gasteiger partial charge < -0.3 is 10.6 Å². The first-order valence-electron chi connectivity index (χ1n) is 6.04. The average Bonchev–Trinajstić information content (AvgIpc) is 2.29. The van der Waals surface area contributed by atoms with Crippen molar-refractivity contribution < 1.29 is 0 Å². The van der Waals surface area contributed by atoms with E-state index in [1.54, 1.807) is 0 Å². The van der Waals surface area contributed by atoms with Crippen molar-refractivity contribution in [2.45, 2.75) is 37.8 Å². The van der Waals surface area contributed by atoms with Gasteiger partial charge in [-0.15, -0.1) is 0 Å². The molecule has 2 aliphatic rings. The third kappa shape index (κ3) is 1.76. The Bertz CT molecular complexity index is 405. The highest BCUT2D eigenvalue weighted by molar-refractivity contribution is 9.10. The minimum atomic E-state index is 0.348. The standard InChI is InChI=1S/C13H17BrN2/c14-10-3-1-9-2-5-12-6-4-11(15)8-16(12)13(9)7-10/h1,3,7,11-12H,2,4-6,8,15H2. The number of nitrogens with zero attached hydrogens (tertiary/aromatic N) is 1. The molecule has 2 aliphatic heterocycles. The summed E-state index contributed by atoms with van der Waals surface area (Å²) in [7, 11) is 0. The third-order valence-corrected chi connectivity index (χ3v) is 4.34. The van der Waals surface area contributed by atoms with E-state index >= 15 is 0 Å². The molecule has 86 valence electrons. The predicted octanol–water partition coefficient (Wildman–Crippen LogP) is 2.69. The molecule has 2 atom stereocenters. The van der Waals surface area contributed by atoms with Crippen molar-refractivity contribution in [3.63, 3.8) is 0 Å². The Hall–Kier alpha value is -0.540. The van der Waals surface area contributed by atoms with Gasteiger partial charge in [-0.3, -0.25) is 0 Å². The fourth-order valence-electron chi connectivity index (χ4n) is 2.99. The molecule has 0 radical (unpaired) electrons. The Labute approximate surface area is 105 Å². The highest BCUT2D eigenvalue weighted by atomic mass is 79.9. The minimum absolute atomic E-state index is 0.348. The third-order valence-electron chi connectivity index (χ3n) is 3.85. The minimum Gasteiger partial charge on any atom is -0.367 e. The van der Waals surface area contributed by atoms with Crippen LogP contribution in [0, 0.1) is 0 Å². The number of anilines is 1. The first kappa shape index (κ1) is 10.6. The second kappa shape index (κ2) is 4.04. The molecule has 3 rings (SSSR count). The number of halogens is 1. The van der Waals surface area contributed by atoms with E-state index in [0.717, 1.165) is 12.6 Å². The van der Waals surface area contributed by atoms with Gasteiger partial charge in [-0.2, -0.15) is 0 Å². The molecule has 1 saturated heterocycles. The van der Waals surface area contributed by atoms with Gasteiger partial charge in [-0.1, -0.05) is 22.0 Å². The monoisotopic (exact) mass is 280 g/mol. The summed E-state index contributed by atoms with van der Waals surface area (Å²) < 4.78 is 1.17. The van der Waals surface area contributed by atoms with Crippen LogP contribution in [0.3, 0.4) is 0 Å². The molecule has 2 heterocycles. The van der Waals surface area contributed by atoms with Crippen molar-refractivity contribution >= 4 is 21.6 Å². The summed E-state index contributed by atoms with van der Waals surface area (Å²) in [5.74, 6) is 0. The van der Waals surface area contributed by atoms with E-state index in [-0.39, 0.29) is 0 Å². The molecular formula is C13H17BrN2. The summed E-state index contributed by atoms with van der Waals surface area (Å²) in [5, 5.41) is 0. The van der Waals surface area contributed by atoms with Crippen LogP contribution in [0.15, 0.2) is 22.7 Å². The quantitative estimate of drug-likeness (QED) is 0.792. The Morgan fingerprint density at radius 2 is 2.12 bits per heavy atom. The summed E-state index contributed by atoms with van der Waals surface area (Å²) in [6.07, 6.45) is 4.96. The molecular weight excluding hydrogens is 264 g/mol. The lowest BCUT2D eigenvalue weighted by Gasteiger charge is -2.44. The molecule has 0 aliphatic carbocycles. The first-order valence-corrected chi connectivity index (χ1v) is 6.84. The summed E-state index contributed by atoms with van der Waals surface area (Å²) in [5.41, 5.74) is 8.97. The van der Waals surface area contributed by atoms with Gasteiger partial charge in [-0.05, 0) is 43.4 Å². The number of piperidine rings is 1. The van der Waals surface area contributed by atoms with Crippen LogP contribution in [0.25, 0.3) is 0 Å². The Morgan fingerprint density at radius 1 is 1.25 bits per heavy atom. The van der Waals surface area contributed by atoms with Crippen LogP contribution in [-0.2, 0) is 6.42 Å². The van der Waals surface area contributed by atoms with Gasteiger partial charge in [0.15, 0.2) is 0 Å². The first-order chi connectivity index (χ1) is 7.74. The van der Waals surface area contributed by atoms with E-state index in [2.05, 4.69) is 39.0 Å². The Balaban J connectivity index is 1.99. The van der Waals surface area contributed by atoms with Crippen molar-refractivity contribution in [2.75, 3.05) is 11.4 Å². The second-order valence-corrected chi connectivity index (χ2v) is 5.87. The van der Waals surface area contributed by atoms with Crippen LogP contribution >= 0.6 is 15.9 Å². The van der Waals surface area contributed by atoms with E-state index in [4.69, 9.17) is 5.73 Å². The summed E-state index contributed by atoms with van der Waals surface area (Å²) in [4.78, 5) is 2.53. The van der Waals surface area contributed by atoms with Crippen LogP contribution in [0.1, 0.15) is 24.8 Å². The topological polar surface area (TPSA) is 29.3 Å². The van der Waals surface area contributed by atoms with Crippen molar-refractivity contribution in [1.29, 1.82) is 0 Å². The zero-order valence-corrected chi connectivity index (χ0v) is 10.9. The average molecular weight is 281 g/mol. The molecule has 2 nitrogen and oxygen atoms in total. The summed E-state index contributed by atoms with van der Waals surface area (Å²) in [6, 6.07) is 7.71. The molecule has 0 saturated carbocycles. The SMILES string of the molecule is NC1CCC2CCc3ccc(Br)cc3N2C1. The lowest BCUT2D eigenvalue weighted by Crippen LogP contribution is -2.50. The van der Waals surface area contributed by atoms with Gasteiger partial charge in [0.25, 0.3) is 0 Å². The van der Waals surface area contributed by atoms with Gasteiger partial charge in [-0.25, -0.2) is 0 Å². The van der Waals surface area contributed by atoms with E-state index in [0.29, 0.717) is 6.04 Å². The smallest absolute Gasteiger partial charge is 0.0413 e. The molecule has 3 heteroatoms. The number of hydrogen-bond acceptors (Lipinski definition) is 2. The van der Waals surface area contributed by atoms with Crippen LogP contribution in [-0.4, -0.2) is 18.6 Å². The summed E-state index contributed by atoms with van der Waals surface area (Å²) >= 11 is 3.56. The molecule has 1 aromatic carbocycles. The largest absolute Gasteiger partial charge is 0.367 e. The highest BCUT2D eigenvalue weighted by Crippen LogP contribution is 2.36. The number of aryl methyl sites for hydroxylation is 1. The molecule has 2 N–H and O–H groups in total. The van der Waals surface area contributed by atoms with Crippen LogP contribution in [0.5, 0.6) is 0 Å². The van der Waals surface area contributed by atoms with Gasteiger partial charge >= 0.3 is 0 Å². The molecule has 16 heavy (non-hydrogen) atoms. The Morgan fingerprint density at radius 3 is 3.00 bits per heavy atom. The van der Waals surface area contributed by atoms with Crippen molar-refractivity contribution in [2.24, 2.45) is 5.73 Å². The van der Waals surface area contributed by atoms with Crippen LogP contribution in [0.4, 0.5) is 5.69 Å². The molecule has 2 unspecified atom stereocenters. The molecule has 1 fully saturated rings. The zero-order valence-electron chi connectivity index (χ0n) is 9.32. The van der Waals surface area contributed by atoms with E-state index in [1.807, 2.05) is 0 Å². The van der Waals surface area contributed by atoms with Gasteiger partial charge in [0.1, 0.15) is 0 Å². The van der Waals surface area contributed by atoms with Crippen molar-refractivity contribution in [1.82, 2.24) is 0 Å². The van der Waals surface area contributed by atoms with Gasteiger partial charge in [0, 0.05) is 28.8 Å². The highest BCUT2D eigenvalue weighted by Gasteiger charge is 2.31. The van der Waals surface area contributed by atoms with Crippen molar-refractivity contribution in [3.05, 3.63) is 28.2 Å². The maximum Gasteiger partial charge on any atom is 0.0413 e. The molecule has 0 spiro atoms. The number of benzene rings is 1. The Kier molecular flexibility index (Phi) is 2.68. The number of rotatable bonds is 0. The van der Waals surface area contributed by atoms with E-state index in [1.165, 1.54) is 41.4 Å². The van der Waals surface area contributed by atoms with Crippen LogP contribution < -0.4 is 10.6 Å². The number of nitrogens with two attached hydrogens (primary N) is 1. The van der Waals surface area contributed by atoms with E-state index < -0.39 is 0 Å².